The van der Waals surface area contributed by atoms with Gasteiger partial charge in [-0.25, -0.2) is 4.79 Å². The van der Waals surface area contributed by atoms with Gasteiger partial charge < -0.3 is 14.7 Å². The predicted octanol–water partition coefficient (Wildman–Crippen LogP) is 0.153. The van der Waals surface area contributed by atoms with Crippen LogP contribution in [0.4, 0.5) is 0 Å². The van der Waals surface area contributed by atoms with Gasteiger partial charge in [-0.1, -0.05) is 29.8 Å². The number of amides is 1. The van der Waals surface area contributed by atoms with Crippen molar-refractivity contribution < 1.29 is 14.6 Å². The lowest BCUT2D eigenvalue weighted by atomic mass is 10.1. The number of aryl methyl sites for hydroxylation is 2. The summed E-state index contributed by atoms with van der Waals surface area (Å²) in [5.74, 6) is -0.298. The molecule has 0 spiro atoms. The van der Waals surface area contributed by atoms with Crippen LogP contribution in [-0.4, -0.2) is 60.4 Å². The molecule has 1 aromatic carbocycles. The molecule has 1 aliphatic heterocycles. The third kappa shape index (κ3) is 3.93. The summed E-state index contributed by atoms with van der Waals surface area (Å²) in [6, 6.07) is 8.21. The topological polar surface area (TPSA) is 112 Å². The van der Waals surface area contributed by atoms with E-state index < -0.39 is 17.9 Å². The number of hydrogen-bond donors (Lipinski definition) is 1. The maximum Gasteiger partial charge on any atom is 0.332 e. The van der Waals surface area contributed by atoms with E-state index in [9.17, 15) is 14.4 Å². The highest BCUT2D eigenvalue weighted by Crippen LogP contribution is 2.24. The fourth-order valence-electron chi connectivity index (χ4n) is 4.13. The Bertz CT molecular complexity index is 1280. The monoisotopic (exact) mass is 441 g/mol. The van der Waals surface area contributed by atoms with Gasteiger partial charge >= 0.3 is 5.69 Å². The van der Waals surface area contributed by atoms with E-state index in [1.165, 1.54) is 11.6 Å². The molecule has 0 unspecified atom stereocenters. The van der Waals surface area contributed by atoms with Crippen molar-refractivity contribution in [3.05, 3.63) is 56.2 Å². The molecule has 1 aliphatic rings. The quantitative estimate of drug-likeness (QED) is 0.604. The number of imidazole rings is 1. The largest absolute Gasteiger partial charge is 0.461 e. The van der Waals surface area contributed by atoms with Gasteiger partial charge in [0.05, 0.1) is 6.54 Å². The number of ether oxygens (including phenoxy) is 1. The molecule has 170 valence electrons. The van der Waals surface area contributed by atoms with Crippen molar-refractivity contribution in [3.63, 3.8) is 0 Å². The zero-order valence-corrected chi connectivity index (χ0v) is 18.4. The molecule has 32 heavy (non-hydrogen) atoms. The molecule has 0 saturated carbocycles. The van der Waals surface area contributed by atoms with Crippen LogP contribution in [0.1, 0.15) is 24.0 Å². The van der Waals surface area contributed by atoms with Crippen LogP contribution < -0.4 is 16.0 Å². The Kier molecular flexibility index (Phi) is 5.88. The van der Waals surface area contributed by atoms with Crippen LogP contribution in [-0.2, 0) is 25.4 Å². The molecule has 3 heterocycles. The fourth-order valence-corrected chi connectivity index (χ4v) is 4.13. The Balaban J connectivity index is 1.74. The molecule has 2 aromatic heterocycles. The lowest BCUT2D eigenvalue weighted by Gasteiger charge is -2.31. The normalized spacial score (nSPS) is 14.8. The first-order chi connectivity index (χ1) is 15.3. The minimum Gasteiger partial charge on any atom is -0.461 e. The molecular weight excluding hydrogens is 414 g/mol. The third-order valence-corrected chi connectivity index (χ3v) is 5.94. The van der Waals surface area contributed by atoms with Crippen molar-refractivity contribution >= 4 is 17.1 Å². The van der Waals surface area contributed by atoms with Crippen molar-refractivity contribution in [2.45, 2.75) is 32.4 Å². The summed E-state index contributed by atoms with van der Waals surface area (Å²) in [6.45, 7) is 2.81. The lowest BCUT2D eigenvalue weighted by Crippen LogP contribution is -2.43. The second-order valence-electron chi connectivity index (χ2n) is 8.20. The number of fused-ring (bicyclic) bond motifs is 1. The van der Waals surface area contributed by atoms with E-state index in [1.807, 2.05) is 31.2 Å². The molecule has 0 aliphatic carbocycles. The number of benzene rings is 1. The van der Waals surface area contributed by atoms with Crippen molar-refractivity contribution in [2.24, 2.45) is 14.1 Å². The summed E-state index contributed by atoms with van der Waals surface area (Å²) < 4.78 is 10.3. The van der Waals surface area contributed by atoms with Crippen LogP contribution >= 0.6 is 0 Å². The number of aromatic nitrogens is 4. The zero-order valence-electron chi connectivity index (χ0n) is 18.4. The number of rotatable bonds is 5. The maximum absolute atomic E-state index is 13.0. The van der Waals surface area contributed by atoms with Crippen molar-refractivity contribution in [1.82, 2.24) is 23.6 Å². The first-order valence-electron chi connectivity index (χ1n) is 10.6. The maximum atomic E-state index is 13.0. The van der Waals surface area contributed by atoms with Crippen LogP contribution in [0.25, 0.3) is 11.2 Å². The van der Waals surface area contributed by atoms with E-state index in [0.29, 0.717) is 38.0 Å². The third-order valence-electron chi connectivity index (χ3n) is 5.94. The summed E-state index contributed by atoms with van der Waals surface area (Å²) in [7, 11) is 3.03. The summed E-state index contributed by atoms with van der Waals surface area (Å²) in [5.41, 5.74) is 1.77. The molecule has 0 atom stereocenters. The first kappa shape index (κ1) is 21.8. The van der Waals surface area contributed by atoms with E-state index in [-0.39, 0.29) is 23.7 Å². The zero-order chi connectivity index (χ0) is 23.0. The highest BCUT2D eigenvalue weighted by atomic mass is 16.5. The number of carbonyl (C=O) groups excluding carboxylic acids is 1. The number of aliphatic hydroxyl groups excluding tert-OH is 1. The SMILES string of the molecule is Cc1cccc(Cn2c(OC3CCN(C(=O)CO)CC3)nc3c2c(=O)n(C)c(=O)n3C)c1. The Morgan fingerprint density at radius 3 is 2.56 bits per heavy atom. The fraction of sp³-hybridized carbons (Fsp3) is 0.455. The Hall–Kier alpha value is -3.40. The second kappa shape index (κ2) is 8.62. The van der Waals surface area contributed by atoms with E-state index in [0.717, 1.165) is 15.7 Å². The number of nitrogens with zero attached hydrogens (tertiary/aromatic N) is 5. The average Bonchev–Trinajstić information content (AvgIpc) is 3.14. The van der Waals surface area contributed by atoms with Crippen LogP contribution in [0.5, 0.6) is 6.01 Å². The van der Waals surface area contributed by atoms with Gasteiger partial charge in [-0.2, -0.15) is 4.98 Å². The second-order valence-corrected chi connectivity index (χ2v) is 8.20. The number of carbonyl (C=O) groups is 1. The van der Waals surface area contributed by atoms with E-state index in [1.54, 1.807) is 16.5 Å². The highest BCUT2D eigenvalue weighted by Gasteiger charge is 2.27. The average molecular weight is 441 g/mol. The molecule has 4 rings (SSSR count). The van der Waals surface area contributed by atoms with Crippen LogP contribution in [0.15, 0.2) is 33.9 Å². The molecule has 1 amide bonds. The Morgan fingerprint density at radius 2 is 1.91 bits per heavy atom. The summed E-state index contributed by atoms with van der Waals surface area (Å²) >= 11 is 0. The van der Waals surface area contributed by atoms with Gasteiger partial charge in [0.1, 0.15) is 12.7 Å². The highest BCUT2D eigenvalue weighted by molar-refractivity contribution is 5.77. The first-order valence-corrected chi connectivity index (χ1v) is 10.6. The van der Waals surface area contributed by atoms with Gasteiger partial charge in [0, 0.05) is 40.0 Å². The molecule has 0 bridgehead atoms. The lowest BCUT2D eigenvalue weighted by molar-refractivity contribution is -0.136. The van der Waals surface area contributed by atoms with Crippen molar-refractivity contribution in [2.75, 3.05) is 19.7 Å². The minimum atomic E-state index is -0.505. The van der Waals surface area contributed by atoms with Gasteiger partial charge in [-0.15, -0.1) is 0 Å². The number of aliphatic hydroxyl groups is 1. The van der Waals surface area contributed by atoms with Gasteiger partial charge in [0.2, 0.25) is 5.91 Å². The van der Waals surface area contributed by atoms with Gasteiger partial charge in [-0.3, -0.25) is 23.3 Å². The summed E-state index contributed by atoms with van der Waals surface area (Å²) in [6.07, 6.45) is 0.957. The number of likely N-dealkylation sites (tertiary alicyclic amines) is 1. The molecule has 0 radical (unpaired) electrons. The Morgan fingerprint density at radius 1 is 1.19 bits per heavy atom. The summed E-state index contributed by atoms with van der Waals surface area (Å²) in [5, 5.41) is 9.07. The molecule has 1 fully saturated rings. The van der Waals surface area contributed by atoms with Crippen molar-refractivity contribution in [1.29, 1.82) is 0 Å². The minimum absolute atomic E-state index is 0.202. The van der Waals surface area contributed by atoms with Gasteiger partial charge in [0.25, 0.3) is 11.6 Å². The molecule has 1 N–H and O–H groups in total. The van der Waals surface area contributed by atoms with E-state index in [4.69, 9.17) is 9.84 Å². The summed E-state index contributed by atoms with van der Waals surface area (Å²) in [4.78, 5) is 43.3. The Labute approximate surface area is 184 Å². The van der Waals surface area contributed by atoms with E-state index in [2.05, 4.69) is 4.98 Å². The predicted molar refractivity (Wildman–Crippen MR) is 118 cm³/mol. The van der Waals surface area contributed by atoms with Gasteiger partial charge in [-0.05, 0) is 12.5 Å². The van der Waals surface area contributed by atoms with E-state index >= 15 is 0 Å². The molecule has 10 heteroatoms. The number of hydrogen-bond acceptors (Lipinski definition) is 6. The van der Waals surface area contributed by atoms with Crippen LogP contribution in [0, 0.1) is 6.92 Å². The molecule has 1 saturated heterocycles. The smallest absolute Gasteiger partial charge is 0.332 e. The van der Waals surface area contributed by atoms with Crippen molar-refractivity contribution in [3.8, 4) is 6.01 Å². The number of piperidine rings is 1. The standard InChI is InChI=1S/C22H27N5O5/c1-14-5-4-6-15(11-14)12-27-18-19(24(2)22(31)25(3)20(18)30)23-21(27)32-16-7-9-26(10-8-16)17(29)13-28/h4-6,11,16,28H,7-10,12-13H2,1-3H3. The molecule has 3 aromatic rings. The van der Waals surface area contributed by atoms with Gasteiger partial charge in [0.15, 0.2) is 11.2 Å². The molecular formula is C22H27N5O5. The molecule has 10 nitrogen and oxygen atoms in total. The van der Waals surface area contributed by atoms with Crippen LogP contribution in [0.3, 0.4) is 0 Å². The van der Waals surface area contributed by atoms with Crippen LogP contribution in [0.2, 0.25) is 0 Å².